The predicted molar refractivity (Wildman–Crippen MR) is 82.3 cm³/mol. The quantitative estimate of drug-likeness (QED) is 0.788. The number of imidazole rings is 1. The first-order valence-corrected chi connectivity index (χ1v) is 6.89. The minimum atomic E-state index is 0.671. The molecule has 0 aliphatic rings. The minimum absolute atomic E-state index is 0.671. The summed E-state index contributed by atoms with van der Waals surface area (Å²) >= 11 is 3.54. The molecule has 0 atom stereocenters. The summed E-state index contributed by atoms with van der Waals surface area (Å²) in [6.45, 7) is 0. The van der Waals surface area contributed by atoms with Crippen molar-refractivity contribution in [1.29, 1.82) is 0 Å². The number of H-pyrrole nitrogens is 1. The van der Waals surface area contributed by atoms with Gasteiger partial charge in [0.2, 0.25) is 0 Å². The van der Waals surface area contributed by atoms with Gasteiger partial charge in [-0.05, 0) is 6.07 Å². The van der Waals surface area contributed by atoms with Crippen LogP contribution in [0.5, 0.6) is 11.5 Å². The molecule has 2 aromatic carbocycles. The Hall–Kier alpha value is -2.01. The third-order valence-corrected chi connectivity index (χ3v) is 3.81. The van der Waals surface area contributed by atoms with Crippen molar-refractivity contribution in [2.75, 3.05) is 14.2 Å². The summed E-state index contributed by atoms with van der Waals surface area (Å²) in [5, 5.41) is 0. The molecule has 0 fully saturated rings. The smallest absolute Gasteiger partial charge is 0.163 e. The van der Waals surface area contributed by atoms with E-state index in [2.05, 4.69) is 25.9 Å². The highest BCUT2D eigenvalue weighted by atomic mass is 79.9. The monoisotopic (exact) mass is 332 g/mol. The van der Waals surface area contributed by atoms with Crippen LogP contribution in [0.4, 0.5) is 0 Å². The zero-order valence-corrected chi connectivity index (χ0v) is 12.7. The van der Waals surface area contributed by atoms with Crippen LogP contribution >= 0.6 is 15.9 Å². The Morgan fingerprint density at radius 1 is 1.05 bits per heavy atom. The zero-order chi connectivity index (χ0) is 14.1. The van der Waals surface area contributed by atoms with Gasteiger partial charge in [-0.15, -0.1) is 0 Å². The molecule has 5 heteroatoms. The first-order chi connectivity index (χ1) is 9.72. The predicted octanol–water partition coefficient (Wildman–Crippen LogP) is 4.01. The van der Waals surface area contributed by atoms with Crippen molar-refractivity contribution in [3.63, 3.8) is 0 Å². The second kappa shape index (κ2) is 5.17. The number of halogens is 1. The van der Waals surface area contributed by atoms with Gasteiger partial charge < -0.3 is 14.5 Å². The highest BCUT2D eigenvalue weighted by molar-refractivity contribution is 9.10. The van der Waals surface area contributed by atoms with Gasteiger partial charge in [-0.25, -0.2) is 4.98 Å². The number of methoxy groups -OCH3 is 2. The highest BCUT2D eigenvalue weighted by Gasteiger charge is 2.12. The lowest BCUT2D eigenvalue weighted by Gasteiger charge is -2.06. The fourth-order valence-electron chi connectivity index (χ4n) is 2.12. The van der Waals surface area contributed by atoms with Gasteiger partial charge in [-0.1, -0.05) is 34.1 Å². The second-order valence-corrected chi connectivity index (χ2v) is 5.14. The molecule has 1 N–H and O–H groups in total. The van der Waals surface area contributed by atoms with Gasteiger partial charge in [0.25, 0.3) is 0 Å². The fourth-order valence-corrected chi connectivity index (χ4v) is 2.59. The van der Waals surface area contributed by atoms with E-state index in [1.807, 2.05) is 36.4 Å². The number of rotatable bonds is 3. The normalized spacial score (nSPS) is 10.8. The topological polar surface area (TPSA) is 47.1 Å². The van der Waals surface area contributed by atoms with Crippen LogP contribution in [0.2, 0.25) is 0 Å². The van der Waals surface area contributed by atoms with Crippen LogP contribution in [0.25, 0.3) is 22.4 Å². The second-order valence-electron chi connectivity index (χ2n) is 4.29. The van der Waals surface area contributed by atoms with Crippen LogP contribution in [-0.2, 0) is 0 Å². The van der Waals surface area contributed by atoms with Crippen LogP contribution in [-0.4, -0.2) is 24.2 Å². The Bertz CT molecular complexity index is 727. The highest BCUT2D eigenvalue weighted by Crippen LogP contribution is 2.33. The van der Waals surface area contributed by atoms with Gasteiger partial charge in [0, 0.05) is 22.2 Å². The third kappa shape index (κ3) is 2.14. The number of nitrogens with one attached hydrogen (secondary N) is 1. The van der Waals surface area contributed by atoms with E-state index in [4.69, 9.17) is 9.47 Å². The van der Waals surface area contributed by atoms with Gasteiger partial charge >= 0.3 is 0 Å². The molecule has 1 heterocycles. The van der Waals surface area contributed by atoms with Crippen LogP contribution in [0.15, 0.2) is 40.9 Å². The van der Waals surface area contributed by atoms with E-state index in [0.29, 0.717) is 11.5 Å². The number of ether oxygens (including phenoxy) is 2. The maximum Gasteiger partial charge on any atom is 0.163 e. The molecule has 0 saturated carbocycles. The largest absolute Gasteiger partial charge is 0.493 e. The average Bonchev–Trinajstić information content (AvgIpc) is 2.88. The van der Waals surface area contributed by atoms with Crippen LogP contribution in [0.1, 0.15) is 0 Å². The number of hydrogen-bond acceptors (Lipinski definition) is 3. The number of fused-ring (bicyclic) bond motifs is 1. The average molecular weight is 333 g/mol. The maximum absolute atomic E-state index is 5.30. The Morgan fingerprint density at radius 3 is 2.45 bits per heavy atom. The van der Waals surface area contributed by atoms with Crippen LogP contribution in [0, 0.1) is 0 Å². The van der Waals surface area contributed by atoms with E-state index in [1.165, 1.54) is 0 Å². The molecule has 3 aromatic rings. The lowest BCUT2D eigenvalue weighted by Crippen LogP contribution is -1.89. The van der Waals surface area contributed by atoms with Crippen molar-refractivity contribution in [2.24, 2.45) is 0 Å². The molecule has 0 spiro atoms. The summed E-state index contributed by atoms with van der Waals surface area (Å²) in [7, 11) is 3.24. The van der Waals surface area contributed by atoms with Crippen LogP contribution < -0.4 is 9.47 Å². The molecule has 102 valence electrons. The number of benzene rings is 2. The Kier molecular flexibility index (Phi) is 3.36. The molecule has 0 aliphatic heterocycles. The summed E-state index contributed by atoms with van der Waals surface area (Å²) in [4.78, 5) is 7.91. The van der Waals surface area contributed by atoms with Crippen molar-refractivity contribution in [2.45, 2.75) is 0 Å². The minimum Gasteiger partial charge on any atom is -0.493 e. The molecular formula is C15H13BrN2O2. The molecule has 0 amide bonds. The van der Waals surface area contributed by atoms with Gasteiger partial charge in [0.15, 0.2) is 11.5 Å². The summed E-state index contributed by atoms with van der Waals surface area (Å²) < 4.78 is 11.6. The van der Waals surface area contributed by atoms with Crippen molar-refractivity contribution in [3.05, 3.63) is 40.9 Å². The summed E-state index contributed by atoms with van der Waals surface area (Å²) in [5.41, 5.74) is 2.77. The van der Waals surface area contributed by atoms with Gasteiger partial charge in [0.1, 0.15) is 5.82 Å². The first kappa shape index (κ1) is 13.0. The molecule has 3 rings (SSSR count). The SMILES string of the molecule is COc1cc2nc(-c3ccccc3Br)[nH]c2cc1OC. The molecule has 0 radical (unpaired) electrons. The molecule has 0 aliphatic carbocycles. The van der Waals surface area contributed by atoms with E-state index in [0.717, 1.165) is 26.9 Å². The number of nitrogens with zero attached hydrogens (tertiary/aromatic N) is 1. The van der Waals surface area contributed by atoms with Gasteiger partial charge in [0.05, 0.1) is 25.3 Å². The fraction of sp³-hybridized carbons (Fsp3) is 0.133. The molecule has 20 heavy (non-hydrogen) atoms. The van der Waals surface area contributed by atoms with E-state index in [9.17, 15) is 0 Å². The van der Waals surface area contributed by atoms with Crippen molar-refractivity contribution in [1.82, 2.24) is 9.97 Å². The summed E-state index contributed by atoms with van der Waals surface area (Å²) in [6, 6.07) is 11.7. The van der Waals surface area contributed by atoms with Crippen LogP contribution in [0.3, 0.4) is 0 Å². The maximum atomic E-state index is 5.30. The van der Waals surface area contributed by atoms with E-state index >= 15 is 0 Å². The summed E-state index contributed by atoms with van der Waals surface area (Å²) in [5.74, 6) is 2.16. The lowest BCUT2D eigenvalue weighted by molar-refractivity contribution is 0.356. The van der Waals surface area contributed by atoms with Crippen molar-refractivity contribution in [3.8, 4) is 22.9 Å². The Balaban J connectivity index is 2.18. The molecule has 4 nitrogen and oxygen atoms in total. The van der Waals surface area contributed by atoms with E-state index < -0.39 is 0 Å². The molecule has 1 aromatic heterocycles. The Labute approximate surface area is 124 Å². The van der Waals surface area contributed by atoms with Crippen molar-refractivity contribution < 1.29 is 9.47 Å². The molecule has 0 saturated heterocycles. The molecule has 0 unspecified atom stereocenters. The van der Waals surface area contributed by atoms with Gasteiger partial charge in [-0.3, -0.25) is 0 Å². The van der Waals surface area contributed by atoms with Gasteiger partial charge in [-0.2, -0.15) is 0 Å². The van der Waals surface area contributed by atoms with E-state index in [-0.39, 0.29) is 0 Å². The number of aromatic amines is 1. The number of aromatic nitrogens is 2. The third-order valence-electron chi connectivity index (χ3n) is 3.12. The van der Waals surface area contributed by atoms with E-state index in [1.54, 1.807) is 14.2 Å². The standard InChI is InChI=1S/C15H13BrN2O2/c1-19-13-7-11-12(8-14(13)20-2)18-15(17-11)9-5-3-4-6-10(9)16/h3-8H,1-2H3,(H,17,18). The lowest BCUT2D eigenvalue weighted by atomic mass is 10.2. The van der Waals surface area contributed by atoms with Crippen molar-refractivity contribution >= 4 is 27.0 Å². The zero-order valence-electron chi connectivity index (χ0n) is 11.1. The molecular weight excluding hydrogens is 320 g/mol. The first-order valence-electron chi connectivity index (χ1n) is 6.09. The number of hydrogen-bond donors (Lipinski definition) is 1. The molecule has 0 bridgehead atoms. The summed E-state index contributed by atoms with van der Waals surface area (Å²) in [6.07, 6.45) is 0. The Morgan fingerprint density at radius 2 is 1.75 bits per heavy atom.